The monoisotopic (exact) mass is 635 g/mol. The first-order valence-electron chi connectivity index (χ1n) is 14.5. The lowest BCUT2D eigenvalue weighted by molar-refractivity contribution is -0.143. The zero-order valence-corrected chi connectivity index (χ0v) is 25.1. The van der Waals surface area contributed by atoms with Crippen LogP contribution >= 0.6 is 0 Å². The van der Waals surface area contributed by atoms with E-state index in [-0.39, 0.29) is 24.3 Å². The van der Waals surface area contributed by atoms with Crippen LogP contribution in [0.2, 0.25) is 0 Å². The van der Waals surface area contributed by atoms with E-state index in [1.165, 1.54) is 25.0 Å². The van der Waals surface area contributed by atoms with Crippen molar-refractivity contribution in [3.05, 3.63) is 93.8 Å². The first-order valence-corrected chi connectivity index (χ1v) is 14.5. The molecule has 5 rings (SSSR count). The minimum absolute atomic E-state index is 0.0414. The van der Waals surface area contributed by atoms with Crippen LogP contribution in [0.1, 0.15) is 85.4 Å². The van der Waals surface area contributed by atoms with Crippen molar-refractivity contribution >= 4 is 11.7 Å². The quantitative estimate of drug-likeness (QED) is 0.243. The number of cyclic esters (lactones) is 1. The largest absolute Gasteiger partial charge is 0.496 e. The molecular weight excluding hydrogens is 603 g/mol. The lowest BCUT2D eigenvalue weighted by Crippen LogP contribution is -2.31. The van der Waals surface area contributed by atoms with E-state index in [0.29, 0.717) is 34.4 Å². The predicted molar refractivity (Wildman–Crippen MR) is 155 cm³/mol. The summed E-state index contributed by atoms with van der Waals surface area (Å²) in [5, 5.41) is 0. The summed E-state index contributed by atoms with van der Waals surface area (Å²) in [7, 11) is 1.42. The van der Waals surface area contributed by atoms with Gasteiger partial charge in [-0.05, 0) is 95.8 Å². The lowest BCUT2D eigenvalue weighted by atomic mass is 9.90. The SMILES string of the molecule is COc1cc(F)c(C(C)C)cc1-c1ccc(C2=CCCC2)cc1CN1C(=O)O[C@H](c2cc(C(F)(F)F)cc(C(F)(F)F)c2)[C@@H]1C. The molecule has 0 radical (unpaired) electrons. The van der Waals surface area contributed by atoms with Crippen LogP contribution in [-0.4, -0.2) is 24.1 Å². The highest BCUT2D eigenvalue weighted by Gasteiger charge is 2.43. The minimum Gasteiger partial charge on any atom is -0.496 e. The van der Waals surface area contributed by atoms with E-state index in [1.807, 2.05) is 32.0 Å². The number of carbonyl (C=O) groups is 1. The number of hydrogen-bond donors (Lipinski definition) is 0. The first-order chi connectivity index (χ1) is 21.1. The Balaban J connectivity index is 1.58. The van der Waals surface area contributed by atoms with E-state index in [0.717, 1.165) is 30.4 Å². The van der Waals surface area contributed by atoms with Gasteiger partial charge in [0.2, 0.25) is 0 Å². The van der Waals surface area contributed by atoms with Gasteiger partial charge in [0.15, 0.2) is 0 Å². The highest BCUT2D eigenvalue weighted by molar-refractivity contribution is 5.79. The standard InChI is InChI=1S/C34H32F7NO3/c1-18(2)27-15-28(30(44-4)16-29(27)35)26-10-9-21(20-7-5-6-8-20)11-23(26)17-42-19(3)31(45-32(42)43)22-12-24(33(36,37)38)14-25(13-22)34(39,40)41/h7,9-16,18-19,31H,5-6,8,17H2,1-4H3/t19-,31-/m0/s1. The van der Waals surface area contributed by atoms with E-state index in [9.17, 15) is 35.5 Å². The Bertz CT molecular complexity index is 1610. The Labute approximate surface area is 256 Å². The Morgan fingerprint density at radius 2 is 1.62 bits per heavy atom. The molecule has 240 valence electrons. The van der Waals surface area contributed by atoms with Crippen molar-refractivity contribution in [2.75, 3.05) is 7.11 Å². The van der Waals surface area contributed by atoms with Gasteiger partial charge in [0.05, 0.1) is 30.8 Å². The molecule has 0 N–H and O–H groups in total. The van der Waals surface area contributed by atoms with Crippen molar-refractivity contribution in [2.45, 2.75) is 77.0 Å². The summed E-state index contributed by atoms with van der Waals surface area (Å²) in [6.07, 6.45) is -7.47. The summed E-state index contributed by atoms with van der Waals surface area (Å²) in [5.74, 6) is -0.312. The molecule has 1 saturated heterocycles. The number of halogens is 7. The zero-order valence-electron chi connectivity index (χ0n) is 25.1. The second-order valence-electron chi connectivity index (χ2n) is 11.7. The summed E-state index contributed by atoms with van der Waals surface area (Å²) in [5.41, 5.74) is 0.953. The van der Waals surface area contributed by atoms with Crippen molar-refractivity contribution in [1.29, 1.82) is 0 Å². The second kappa shape index (κ2) is 12.1. The van der Waals surface area contributed by atoms with Gasteiger partial charge in [0.25, 0.3) is 0 Å². The maximum atomic E-state index is 14.9. The Morgan fingerprint density at radius 3 is 2.18 bits per heavy atom. The summed E-state index contributed by atoms with van der Waals surface area (Å²) in [6, 6.07) is 8.98. The van der Waals surface area contributed by atoms with Crippen LogP contribution in [0, 0.1) is 5.82 Å². The summed E-state index contributed by atoms with van der Waals surface area (Å²) in [6.45, 7) is 5.15. The van der Waals surface area contributed by atoms with Crippen molar-refractivity contribution in [3.8, 4) is 16.9 Å². The van der Waals surface area contributed by atoms with Gasteiger partial charge in [0.1, 0.15) is 17.7 Å². The van der Waals surface area contributed by atoms with Crippen molar-refractivity contribution in [3.63, 3.8) is 0 Å². The second-order valence-corrected chi connectivity index (χ2v) is 11.7. The maximum Gasteiger partial charge on any atom is 0.416 e. The molecule has 1 aliphatic heterocycles. The van der Waals surface area contributed by atoms with Crippen LogP contribution in [0.25, 0.3) is 16.7 Å². The smallest absolute Gasteiger partial charge is 0.416 e. The van der Waals surface area contributed by atoms with Crippen molar-refractivity contribution in [1.82, 2.24) is 4.90 Å². The van der Waals surface area contributed by atoms with Gasteiger partial charge in [-0.3, -0.25) is 4.90 Å². The Hall–Kier alpha value is -4.02. The lowest BCUT2D eigenvalue weighted by Gasteiger charge is -2.24. The highest BCUT2D eigenvalue weighted by atomic mass is 19.4. The third kappa shape index (κ3) is 6.53. The van der Waals surface area contributed by atoms with Gasteiger partial charge >= 0.3 is 18.4 Å². The maximum absolute atomic E-state index is 14.9. The fourth-order valence-corrected chi connectivity index (χ4v) is 6.00. The third-order valence-electron chi connectivity index (χ3n) is 8.42. The molecule has 2 atom stereocenters. The number of amides is 1. The molecule has 0 unspecified atom stereocenters. The summed E-state index contributed by atoms with van der Waals surface area (Å²) in [4.78, 5) is 14.5. The normalized spacial score (nSPS) is 18.9. The number of ether oxygens (including phenoxy) is 2. The fraction of sp³-hybridized carbons (Fsp3) is 0.382. The average molecular weight is 636 g/mol. The molecule has 4 nitrogen and oxygen atoms in total. The molecule has 3 aromatic carbocycles. The zero-order chi connectivity index (χ0) is 32.8. The fourth-order valence-electron chi connectivity index (χ4n) is 6.00. The van der Waals surface area contributed by atoms with E-state index >= 15 is 0 Å². The molecule has 0 saturated carbocycles. The van der Waals surface area contributed by atoms with E-state index in [2.05, 4.69) is 6.08 Å². The van der Waals surface area contributed by atoms with Crippen LogP contribution < -0.4 is 4.74 Å². The van der Waals surface area contributed by atoms with Crippen LogP contribution in [-0.2, 0) is 23.6 Å². The number of methoxy groups -OCH3 is 1. The number of benzene rings is 3. The van der Waals surface area contributed by atoms with Gasteiger partial charge in [-0.2, -0.15) is 26.3 Å². The number of allylic oxidation sites excluding steroid dienone is 2. The number of rotatable bonds is 7. The van der Waals surface area contributed by atoms with Gasteiger partial charge in [-0.15, -0.1) is 0 Å². The number of alkyl halides is 6. The van der Waals surface area contributed by atoms with Crippen molar-refractivity contribution in [2.24, 2.45) is 0 Å². The number of hydrogen-bond acceptors (Lipinski definition) is 3. The molecule has 0 aromatic heterocycles. The molecule has 11 heteroatoms. The third-order valence-corrected chi connectivity index (χ3v) is 8.42. The van der Waals surface area contributed by atoms with Crippen LogP contribution in [0.5, 0.6) is 5.75 Å². The van der Waals surface area contributed by atoms with E-state index in [4.69, 9.17) is 9.47 Å². The van der Waals surface area contributed by atoms with Gasteiger partial charge in [-0.1, -0.05) is 32.1 Å². The van der Waals surface area contributed by atoms with E-state index < -0.39 is 53.1 Å². The van der Waals surface area contributed by atoms with Gasteiger partial charge in [0, 0.05) is 11.6 Å². The van der Waals surface area contributed by atoms with Gasteiger partial charge in [-0.25, -0.2) is 9.18 Å². The minimum atomic E-state index is -5.05. The average Bonchev–Trinajstić information content (AvgIpc) is 3.60. The molecule has 1 amide bonds. The number of nitrogens with zero attached hydrogens (tertiary/aromatic N) is 1. The molecule has 45 heavy (non-hydrogen) atoms. The summed E-state index contributed by atoms with van der Waals surface area (Å²) >= 11 is 0. The van der Waals surface area contributed by atoms with Crippen LogP contribution in [0.3, 0.4) is 0 Å². The van der Waals surface area contributed by atoms with Crippen LogP contribution in [0.4, 0.5) is 35.5 Å². The Morgan fingerprint density at radius 1 is 0.956 bits per heavy atom. The molecule has 1 fully saturated rings. The summed E-state index contributed by atoms with van der Waals surface area (Å²) < 4.78 is 107. The van der Waals surface area contributed by atoms with Crippen LogP contribution in [0.15, 0.2) is 54.6 Å². The molecule has 0 spiro atoms. The molecule has 0 bridgehead atoms. The molecule has 3 aromatic rings. The molecule has 2 aliphatic rings. The molecular formula is C34H32F7NO3. The first kappa shape index (κ1) is 32.4. The number of carbonyl (C=O) groups excluding carboxylic acids is 1. The van der Waals surface area contributed by atoms with E-state index in [1.54, 1.807) is 6.07 Å². The van der Waals surface area contributed by atoms with Gasteiger partial charge < -0.3 is 9.47 Å². The predicted octanol–water partition coefficient (Wildman–Crippen LogP) is 10.3. The molecule has 1 aliphatic carbocycles. The van der Waals surface area contributed by atoms with Crippen molar-refractivity contribution < 1.29 is 45.0 Å². The molecule has 1 heterocycles. The topological polar surface area (TPSA) is 38.8 Å². The Kier molecular flexibility index (Phi) is 8.67. The highest BCUT2D eigenvalue weighted by Crippen LogP contribution is 2.43.